The van der Waals surface area contributed by atoms with Gasteiger partial charge in [-0.3, -0.25) is 5.43 Å². The number of hydrogen-bond donors (Lipinski definition) is 2. The fourth-order valence-corrected chi connectivity index (χ4v) is 1.04. The highest BCUT2D eigenvalue weighted by Gasteiger charge is 1.88. The molecule has 0 atom stereocenters. The van der Waals surface area contributed by atoms with Crippen LogP contribution in [0.1, 0.15) is 5.56 Å². The number of hydrazone groups is 1. The molecule has 0 amide bonds. The van der Waals surface area contributed by atoms with Crippen molar-refractivity contribution in [1.29, 1.82) is 0 Å². The van der Waals surface area contributed by atoms with Crippen molar-refractivity contribution in [2.45, 2.75) is 0 Å². The van der Waals surface area contributed by atoms with Crippen LogP contribution >= 0.6 is 12.2 Å². The summed E-state index contributed by atoms with van der Waals surface area (Å²) in [6, 6.07) is 9.79. The van der Waals surface area contributed by atoms with E-state index in [1.54, 1.807) is 12.3 Å². The molecule has 1 aromatic rings. The van der Waals surface area contributed by atoms with Crippen molar-refractivity contribution >= 4 is 23.5 Å². The summed E-state index contributed by atoms with van der Waals surface area (Å²) in [5, 5.41) is 7.38. The fraction of sp³-hybridized carbons (Fsp3) is 0.0909. The first-order valence-corrected chi connectivity index (χ1v) is 4.96. The maximum atomic E-state index is 4.95. The Morgan fingerprint density at radius 3 is 2.80 bits per heavy atom. The van der Waals surface area contributed by atoms with E-state index in [9.17, 15) is 0 Å². The second-order valence-corrected chi connectivity index (χ2v) is 3.19. The zero-order valence-corrected chi connectivity index (χ0v) is 9.13. The van der Waals surface area contributed by atoms with Gasteiger partial charge in [-0.1, -0.05) is 36.4 Å². The smallest absolute Gasteiger partial charge is 0.187 e. The Balaban J connectivity index is 2.33. The number of nitrogens with zero attached hydrogens (tertiary/aromatic N) is 1. The second kappa shape index (κ2) is 6.73. The van der Waals surface area contributed by atoms with Gasteiger partial charge in [0, 0.05) is 6.54 Å². The molecule has 0 aliphatic heterocycles. The van der Waals surface area contributed by atoms with Gasteiger partial charge in [0.05, 0.1) is 6.21 Å². The first-order valence-electron chi connectivity index (χ1n) is 4.56. The van der Waals surface area contributed by atoms with Crippen LogP contribution in [0.3, 0.4) is 0 Å². The van der Waals surface area contributed by atoms with Crippen molar-refractivity contribution in [3.05, 3.63) is 48.6 Å². The molecule has 15 heavy (non-hydrogen) atoms. The molecule has 0 bridgehead atoms. The third-order valence-electron chi connectivity index (χ3n) is 1.59. The summed E-state index contributed by atoms with van der Waals surface area (Å²) < 4.78 is 0. The van der Waals surface area contributed by atoms with Crippen LogP contribution in [0, 0.1) is 0 Å². The van der Waals surface area contributed by atoms with E-state index in [0.717, 1.165) is 5.56 Å². The molecule has 0 heterocycles. The first-order chi connectivity index (χ1) is 7.33. The van der Waals surface area contributed by atoms with Gasteiger partial charge in [0.2, 0.25) is 0 Å². The lowest BCUT2D eigenvalue weighted by molar-refractivity contribution is 0.942. The van der Waals surface area contributed by atoms with Crippen molar-refractivity contribution in [1.82, 2.24) is 10.7 Å². The monoisotopic (exact) mass is 219 g/mol. The van der Waals surface area contributed by atoms with E-state index in [4.69, 9.17) is 12.2 Å². The fourth-order valence-electron chi connectivity index (χ4n) is 0.909. The lowest BCUT2D eigenvalue weighted by Gasteiger charge is -2.02. The van der Waals surface area contributed by atoms with Crippen LogP contribution in [0.5, 0.6) is 0 Å². The van der Waals surface area contributed by atoms with Crippen molar-refractivity contribution in [3.63, 3.8) is 0 Å². The first kappa shape index (κ1) is 11.4. The zero-order valence-electron chi connectivity index (χ0n) is 8.31. The average Bonchev–Trinajstić information content (AvgIpc) is 2.28. The van der Waals surface area contributed by atoms with Gasteiger partial charge >= 0.3 is 0 Å². The van der Waals surface area contributed by atoms with Crippen LogP contribution in [0.25, 0.3) is 0 Å². The molecule has 3 nitrogen and oxygen atoms in total. The molecule has 78 valence electrons. The quantitative estimate of drug-likeness (QED) is 0.350. The van der Waals surface area contributed by atoms with E-state index in [-0.39, 0.29) is 0 Å². The summed E-state index contributed by atoms with van der Waals surface area (Å²) in [7, 11) is 0. The molecule has 0 saturated carbocycles. The van der Waals surface area contributed by atoms with Gasteiger partial charge in [0.1, 0.15) is 0 Å². The maximum absolute atomic E-state index is 4.95. The van der Waals surface area contributed by atoms with Crippen LogP contribution in [0.15, 0.2) is 48.1 Å². The minimum atomic E-state index is 0.488. The largest absolute Gasteiger partial charge is 0.358 e. The maximum Gasteiger partial charge on any atom is 0.187 e. The number of thiocarbonyl (C=S) groups is 1. The van der Waals surface area contributed by atoms with E-state index in [0.29, 0.717) is 11.7 Å². The number of rotatable bonds is 4. The highest BCUT2D eigenvalue weighted by atomic mass is 32.1. The topological polar surface area (TPSA) is 36.4 Å². The van der Waals surface area contributed by atoms with Crippen LogP contribution in [0.4, 0.5) is 0 Å². The number of hydrogen-bond acceptors (Lipinski definition) is 2. The molecule has 0 saturated heterocycles. The summed E-state index contributed by atoms with van der Waals surface area (Å²) >= 11 is 4.95. The van der Waals surface area contributed by atoms with Crippen LogP contribution < -0.4 is 10.7 Å². The molecule has 1 aromatic carbocycles. The van der Waals surface area contributed by atoms with Gasteiger partial charge in [0.25, 0.3) is 0 Å². The van der Waals surface area contributed by atoms with E-state index in [1.165, 1.54) is 0 Å². The molecule has 0 fully saturated rings. The Kier molecular flexibility index (Phi) is 5.11. The van der Waals surface area contributed by atoms with Gasteiger partial charge in [-0.15, -0.1) is 6.58 Å². The van der Waals surface area contributed by atoms with E-state index >= 15 is 0 Å². The molecule has 2 N–H and O–H groups in total. The van der Waals surface area contributed by atoms with Crippen LogP contribution in [-0.4, -0.2) is 17.9 Å². The lowest BCUT2D eigenvalue weighted by Crippen LogP contribution is -2.31. The van der Waals surface area contributed by atoms with Gasteiger partial charge in [-0.05, 0) is 17.8 Å². The summed E-state index contributed by atoms with van der Waals surface area (Å²) in [6.07, 6.45) is 3.44. The minimum Gasteiger partial charge on any atom is -0.358 e. The Labute approximate surface area is 94.9 Å². The predicted octanol–water partition coefficient (Wildman–Crippen LogP) is 1.67. The molecule has 4 heteroatoms. The van der Waals surface area contributed by atoms with Crippen molar-refractivity contribution in [2.24, 2.45) is 5.10 Å². The molecule has 1 rings (SSSR count). The van der Waals surface area contributed by atoms with Gasteiger partial charge in [-0.2, -0.15) is 5.10 Å². The highest BCUT2D eigenvalue weighted by molar-refractivity contribution is 7.80. The van der Waals surface area contributed by atoms with E-state index in [2.05, 4.69) is 22.4 Å². The standard InChI is InChI=1S/C11H13N3S/c1-2-8-12-11(15)14-13-9-10-6-4-3-5-7-10/h2-7,9H,1,8H2,(H2,12,14,15). The van der Waals surface area contributed by atoms with Crippen molar-refractivity contribution in [2.75, 3.05) is 6.54 Å². The predicted molar refractivity (Wildman–Crippen MR) is 68.0 cm³/mol. The molecule has 0 spiro atoms. The SMILES string of the molecule is C=CCNC(=S)NN=Cc1ccccc1. The molecule has 0 aliphatic rings. The Morgan fingerprint density at radius 2 is 2.13 bits per heavy atom. The highest BCUT2D eigenvalue weighted by Crippen LogP contribution is 1.92. The Morgan fingerprint density at radius 1 is 1.40 bits per heavy atom. The number of nitrogens with one attached hydrogen (secondary N) is 2. The molecule has 0 radical (unpaired) electrons. The van der Waals surface area contributed by atoms with Gasteiger partial charge in [0.15, 0.2) is 5.11 Å². The Bertz CT molecular complexity index is 346. The second-order valence-electron chi connectivity index (χ2n) is 2.78. The Hall–Kier alpha value is -1.68. The molecular weight excluding hydrogens is 206 g/mol. The van der Waals surface area contributed by atoms with Gasteiger partial charge in [-0.25, -0.2) is 0 Å². The lowest BCUT2D eigenvalue weighted by atomic mass is 10.2. The summed E-state index contributed by atoms with van der Waals surface area (Å²) in [4.78, 5) is 0. The molecular formula is C11H13N3S. The summed E-state index contributed by atoms with van der Waals surface area (Å²) in [5.41, 5.74) is 3.73. The molecule has 0 aliphatic carbocycles. The van der Waals surface area contributed by atoms with Crippen molar-refractivity contribution < 1.29 is 0 Å². The van der Waals surface area contributed by atoms with Crippen LogP contribution in [-0.2, 0) is 0 Å². The van der Waals surface area contributed by atoms with Gasteiger partial charge < -0.3 is 5.32 Å². The zero-order chi connectivity index (χ0) is 10.9. The third-order valence-corrected chi connectivity index (χ3v) is 1.82. The van der Waals surface area contributed by atoms with Crippen molar-refractivity contribution in [3.8, 4) is 0 Å². The van der Waals surface area contributed by atoms with Crippen LogP contribution in [0.2, 0.25) is 0 Å². The minimum absolute atomic E-state index is 0.488. The molecule has 0 unspecified atom stereocenters. The third kappa shape index (κ3) is 4.93. The summed E-state index contributed by atoms with van der Waals surface area (Å²) in [6.45, 7) is 4.20. The normalized spacial score (nSPS) is 9.87. The summed E-state index contributed by atoms with van der Waals surface area (Å²) in [5.74, 6) is 0. The average molecular weight is 219 g/mol. The molecule has 0 aromatic heterocycles. The van der Waals surface area contributed by atoms with E-state index < -0.39 is 0 Å². The number of benzene rings is 1. The van der Waals surface area contributed by atoms with E-state index in [1.807, 2.05) is 30.3 Å².